The van der Waals surface area contributed by atoms with E-state index in [1.165, 1.54) is 13.4 Å². The fourth-order valence-electron chi connectivity index (χ4n) is 1.47. The highest BCUT2D eigenvalue weighted by Crippen LogP contribution is 2.32. The molecule has 0 atom stereocenters. The number of halogens is 2. The molecule has 1 aromatic heterocycles. The molecule has 0 spiro atoms. The van der Waals surface area contributed by atoms with Gasteiger partial charge in [-0.05, 0) is 56.7 Å². The van der Waals surface area contributed by atoms with Crippen LogP contribution in [0.25, 0.3) is 0 Å². The number of nitrogens with one attached hydrogen (secondary N) is 2. The molecule has 19 heavy (non-hydrogen) atoms. The number of hydrogen-bond donors (Lipinski definition) is 3. The maximum absolute atomic E-state index is 5.38. The minimum Gasteiger partial charge on any atom is -0.490 e. The van der Waals surface area contributed by atoms with Gasteiger partial charge in [-0.15, -0.1) is 0 Å². The second kappa shape index (κ2) is 6.35. The number of anilines is 3. The number of nitrogens with two attached hydrogens (primary N) is 1. The molecular formula is C11H11BrIN5O. The lowest BCUT2D eigenvalue weighted by Crippen LogP contribution is -2.11. The third kappa shape index (κ3) is 3.25. The molecule has 0 saturated carbocycles. The van der Waals surface area contributed by atoms with Crippen LogP contribution in [-0.2, 0) is 0 Å². The van der Waals surface area contributed by atoms with E-state index in [0.29, 0.717) is 17.4 Å². The van der Waals surface area contributed by atoms with Gasteiger partial charge in [0.2, 0.25) is 5.75 Å². The molecule has 4 N–H and O–H groups in total. The lowest BCUT2D eigenvalue weighted by molar-refractivity contribution is 0.415. The molecule has 2 rings (SSSR count). The number of rotatable bonds is 4. The van der Waals surface area contributed by atoms with Crippen LogP contribution < -0.4 is 21.3 Å². The monoisotopic (exact) mass is 435 g/mol. The summed E-state index contributed by atoms with van der Waals surface area (Å²) in [4.78, 5) is 8.12. The zero-order chi connectivity index (χ0) is 13.8. The van der Waals surface area contributed by atoms with E-state index in [9.17, 15) is 0 Å². The Balaban J connectivity index is 2.35. The van der Waals surface area contributed by atoms with Gasteiger partial charge in [0.05, 0.1) is 7.11 Å². The highest BCUT2D eigenvalue weighted by Gasteiger charge is 2.11. The Morgan fingerprint density at radius 1 is 1.32 bits per heavy atom. The average molecular weight is 436 g/mol. The Labute approximate surface area is 132 Å². The van der Waals surface area contributed by atoms with E-state index >= 15 is 0 Å². The van der Waals surface area contributed by atoms with Gasteiger partial charge in [-0.3, -0.25) is 0 Å². The van der Waals surface area contributed by atoms with Gasteiger partial charge >= 0.3 is 0 Å². The Morgan fingerprint density at radius 2 is 2.05 bits per heavy atom. The summed E-state index contributed by atoms with van der Waals surface area (Å²) in [5.74, 6) is 6.80. The van der Waals surface area contributed by atoms with E-state index in [1.54, 1.807) is 0 Å². The smallest absolute Gasteiger partial charge is 0.205 e. The fourth-order valence-corrected chi connectivity index (χ4v) is 2.18. The summed E-state index contributed by atoms with van der Waals surface area (Å²) in [6.07, 6.45) is 1.40. The molecule has 0 aliphatic carbocycles. The van der Waals surface area contributed by atoms with Crippen LogP contribution in [0.3, 0.4) is 0 Å². The lowest BCUT2D eigenvalue weighted by atomic mass is 10.3. The van der Waals surface area contributed by atoms with Crippen LogP contribution in [0.5, 0.6) is 5.75 Å². The Kier molecular flexibility index (Phi) is 4.77. The molecule has 0 radical (unpaired) electrons. The van der Waals surface area contributed by atoms with Crippen LogP contribution >= 0.6 is 38.5 Å². The first-order valence-corrected chi connectivity index (χ1v) is 7.10. The van der Waals surface area contributed by atoms with Crippen molar-refractivity contribution in [2.45, 2.75) is 0 Å². The number of nitrogens with zero attached hydrogens (tertiary/aromatic N) is 2. The molecule has 0 fully saturated rings. The first-order chi connectivity index (χ1) is 9.15. The average Bonchev–Trinajstić information content (AvgIpc) is 2.42. The number of hydrogen-bond acceptors (Lipinski definition) is 6. The predicted molar refractivity (Wildman–Crippen MR) is 86.5 cm³/mol. The molecule has 0 aliphatic rings. The summed E-state index contributed by atoms with van der Waals surface area (Å²) in [6.45, 7) is 0. The van der Waals surface area contributed by atoms with Crippen molar-refractivity contribution in [1.82, 2.24) is 9.97 Å². The summed E-state index contributed by atoms with van der Waals surface area (Å²) in [5.41, 5.74) is 3.35. The summed E-state index contributed by atoms with van der Waals surface area (Å²) in [5, 5.41) is 3.16. The maximum atomic E-state index is 5.38. The number of ether oxygens (including phenoxy) is 1. The molecular weight excluding hydrogens is 425 g/mol. The highest BCUT2D eigenvalue weighted by molar-refractivity contribution is 14.1. The van der Waals surface area contributed by atoms with E-state index in [1.807, 2.05) is 18.2 Å². The Hall–Kier alpha value is -1.13. The van der Waals surface area contributed by atoms with Crippen molar-refractivity contribution in [3.63, 3.8) is 0 Å². The van der Waals surface area contributed by atoms with Crippen LogP contribution in [-0.4, -0.2) is 17.1 Å². The van der Waals surface area contributed by atoms with Gasteiger partial charge in [0.25, 0.3) is 0 Å². The van der Waals surface area contributed by atoms with E-state index in [2.05, 4.69) is 59.2 Å². The molecule has 2 aromatic rings. The van der Waals surface area contributed by atoms with Gasteiger partial charge in [0.15, 0.2) is 11.6 Å². The van der Waals surface area contributed by atoms with Gasteiger partial charge in [0, 0.05) is 13.7 Å². The first-order valence-electron chi connectivity index (χ1n) is 5.23. The largest absolute Gasteiger partial charge is 0.490 e. The number of hydrazine groups is 1. The second-order valence-corrected chi connectivity index (χ2v) is 5.52. The van der Waals surface area contributed by atoms with Crippen molar-refractivity contribution >= 4 is 55.8 Å². The molecule has 100 valence electrons. The van der Waals surface area contributed by atoms with Crippen LogP contribution in [0.4, 0.5) is 17.3 Å². The number of methoxy groups -OCH3 is 1. The van der Waals surface area contributed by atoms with Crippen molar-refractivity contribution in [1.29, 1.82) is 0 Å². The summed E-state index contributed by atoms with van der Waals surface area (Å²) < 4.78 is 7.38. The van der Waals surface area contributed by atoms with Gasteiger partial charge in [0.1, 0.15) is 6.33 Å². The van der Waals surface area contributed by atoms with E-state index in [-0.39, 0.29) is 0 Å². The fraction of sp³-hybridized carbons (Fsp3) is 0.0909. The van der Waals surface area contributed by atoms with Crippen LogP contribution in [0.2, 0.25) is 0 Å². The molecule has 8 heteroatoms. The van der Waals surface area contributed by atoms with E-state index in [0.717, 1.165) is 13.7 Å². The molecule has 0 bridgehead atoms. The zero-order valence-corrected chi connectivity index (χ0v) is 13.7. The van der Waals surface area contributed by atoms with Crippen LogP contribution in [0, 0.1) is 3.57 Å². The van der Waals surface area contributed by atoms with Gasteiger partial charge < -0.3 is 15.5 Å². The van der Waals surface area contributed by atoms with Crippen molar-refractivity contribution in [3.8, 4) is 5.75 Å². The quantitative estimate of drug-likeness (QED) is 0.389. The summed E-state index contributed by atoms with van der Waals surface area (Å²) in [7, 11) is 1.54. The Bertz CT molecular complexity index is 595. The third-order valence-corrected chi connectivity index (χ3v) is 4.67. The third-order valence-electron chi connectivity index (χ3n) is 2.33. The second-order valence-electron chi connectivity index (χ2n) is 3.50. The predicted octanol–water partition coefficient (Wildman–Crippen LogP) is 2.88. The lowest BCUT2D eigenvalue weighted by Gasteiger charge is -2.12. The molecule has 1 heterocycles. The maximum Gasteiger partial charge on any atom is 0.205 e. The van der Waals surface area contributed by atoms with Crippen molar-refractivity contribution < 1.29 is 4.74 Å². The van der Waals surface area contributed by atoms with E-state index < -0.39 is 0 Å². The summed E-state index contributed by atoms with van der Waals surface area (Å²) in [6, 6.07) is 5.89. The topological polar surface area (TPSA) is 85.1 Å². The minimum atomic E-state index is 0.421. The van der Waals surface area contributed by atoms with Crippen molar-refractivity contribution in [2.24, 2.45) is 5.84 Å². The van der Waals surface area contributed by atoms with Crippen LogP contribution in [0.15, 0.2) is 29.0 Å². The number of benzene rings is 1. The standard InChI is InChI=1S/C11H11BrIN5O/c1-19-9-10(15-5-16-11(9)18-14)17-6-2-3-8(13)7(12)4-6/h2-5H,14H2,1H3,(H2,15,16,17,18). The SMILES string of the molecule is COc1c(NN)ncnc1Nc1ccc(I)c(Br)c1. The van der Waals surface area contributed by atoms with Crippen molar-refractivity contribution in [2.75, 3.05) is 17.9 Å². The Morgan fingerprint density at radius 3 is 2.68 bits per heavy atom. The molecule has 0 saturated heterocycles. The van der Waals surface area contributed by atoms with Crippen LogP contribution in [0.1, 0.15) is 0 Å². The zero-order valence-electron chi connectivity index (χ0n) is 9.95. The first kappa shape index (κ1) is 14.3. The van der Waals surface area contributed by atoms with E-state index in [4.69, 9.17) is 10.6 Å². The van der Waals surface area contributed by atoms with Crippen molar-refractivity contribution in [3.05, 3.63) is 32.6 Å². The molecule has 0 unspecified atom stereocenters. The van der Waals surface area contributed by atoms with Gasteiger partial charge in [-0.1, -0.05) is 0 Å². The molecule has 1 aromatic carbocycles. The molecule has 6 nitrogen and oxygen atoms in total. The molecule has 0 aliphatic heterocycles. The molecule has 0 amide bonds. The normalized spacial score (nSPS) is 10.1. The van der Waals surface area contributed by atoms with Gasteiger partial charge in [-0.25, -0.2) is 15.8 Å². The minimum absolute atomic E-state index is 0.421. The summed E-state index contributed by atoms with van der Waals surface area (Å²) >= 11 is 5.73. The highest BCUT2D eigenvalue weighted by atomic mass is 127. The number of aromatic nitrogens is 2. The van der Waals surface area contributed by atoms with Gasteiger partial charge in [-0.2, -0.15) is 0 Å². The number of nitrogen functional groups attached to an aromatic ring is 1.